The van der Waals surface area contributed by atoms with E-state index in [1.54, 1.807) is 0 Å². The molecule has 0 saturated heterocycles. The molecular weight excluding hydrogens is 354 g/mol. The minimum absolute atomic E-state index is 0.341. The second kappa shape index (κ2) is 6.53. The van der Waals surface area contributed by atoms with Crippen molar-refractivity contribution in [1.29, 1.82) is 0 Å². The van der Waals surface area contributed by atoms with Gasteiger partial charge in [0.05, 0.1) is 0 Å². The van der Waals surface area contributed by atoms with Crippen LogP contribution in [0.4, 0.5) is 0 Å². The minimum Gasteiger partial charge on any atom is -0.313 e. The molecular formula is C15H23Br2N. The van der Waals surface area contributed by atoms with E-state index >= 15 is 0 Å². The highest BCUT2D eigenvalue weighted by molar-refractivity contribution is 9.11. The third-order valence-corrected chi connectivity index (χ3v) is 4.96. The summed E-state index contributed by atoms with van der Waals surface area (Å²) in [6, 6.07) is 6.74. The molecule has 2 unspecified atom stereocenters. The van der Waals surface area contributed by atoms with E-state index in [4.69, 9.17) is 0 Å². The fraction of sp³-hybridized carbons (Fsp3) is 0.600. The normalized spacial score (nSPS) is 15.5. The Labute approximate surface area is 128 Å². The van der Waals surface area contributed by atoms with Gasteiger partial charge in [0.1, 0.15) is 0 Å². The van der Waals surface area contributed by atoms with Gasteiger partial charge < -0.3 is 5.32 Å². The molecule has 0 aliphatic heterocycles. The monoisotopic (exact) mass is 375 g/mol. The first-order valence-corrected chi connectivity index (χ1v) is 7.96. The summed E-state index contributed by atoms with van der Waals surface area (Å²) in [6.07, 6.45) is 1.13. The number of hydrogen-bond acceptors (Lipinski definition) is 1. The SMILES string of the molecule is CNC(CC(C)C(C)(C)C)c1cc(Br)ccc1Br. The molecule has 102 valence electrons. The fourth-order valence-electron chi connectivity index (χ4n) is 1.89. The third-order valence-electron chi connectivity index (χ3n) is 3.75. The Morgan fingerprint density at radius 1 is 1.22 bits per heavy atom. The van der Waals surface area contributed by atoms with Crippen LogP contribution in [0.3, 0.4) is 0 Å². The molecule has 1 aromatic carbocycles. The van der Waals surface area contributed by atoms with Crippen LogP contribution < -0.4 is 5.32 Å². The summed E-state index contributed by atoms with van der Waals surface area (Å²) >= 11 is 7.20. The molecule has 0 aliphatic rings. The van der Waals surface area contributed by atoms with Crippen LogP contribution >= 0.6 is 31.9 Å². The molecule has 1 nitrogen and oxygen atoms in total. The van der Waals surface area contributed by atoms with Gasteiger partial charge >= 0.3 is 0 Å². The van der Waals surface area contributed by atoms with Gasteiger partial charge in [-0.1, -0.05) is 59.6 Å². The van der Waals surface area contributed by atoms with Crippen molar-refractivity contribution < 1.29 is 0 Å². The molecule has 1 rings (SSSR count). The highest BCUT2D eigenvalue weighted by atomic mass is 79.9. The molecule has 0 bridgehead atoms. The first kappa shape index (κ1) is 16.2. The highest BCUT2D eigenvalue weighted by Crippen LogP contribution is 2.36. The summed E-state index contributed by atoms with van der Waals surface area (Å²) in [6.45, 7) is 9.25. The molecule has 1 aromatic rings. The van der Waals surface area contributed by atoms with E-state index in [1.807, 2.05) is 7.05 Å². The second-order valence-electron chi connectivity index (χ2n) is 6.01. The van der Waals surface area contributed by atoms with Crippen molar-refractivity contribution in [3.05, 3.63) is 32.7 Å². The van der Waals surface area contributed by atoms with Crippen molar-refractivity contribution in [2.24, 2.45) is 11.3 Å². The van der Waals surface area contributed by atoms with Gasteiger partial charge in [0.15, 0.2) is 0 Å². The summed E-state index contributed by atoms with van der Waals surface area (Å²) in [5.74, 6) is 0.654. The third kappa shape index (κ3) is 4.36. The predicted molar refractivity (Wildman–Crippen MR) is 86.9 cm³/mol. The largest absolute Gasteiger partial charge is 0.313 e. The van der Waals surface area contributed by atoms with Crippen LogP contribution in [-0.4, -0.2) is 7.05 Å². The Bertz CT molecular complexity index is 396. The minimum atomic E-state index is 0.341. The molecule has 3 heteroatoms. The van der Waals surface area contributed by atoms with Crippen molar-refractivity contribution in [1.82, 2.24) is 5.32 Å². The maximum absolute atomic E-state index is 3.65. The molecule has 2 atom stereocenters. The number of hydrogen-bond donors (Lipinski definition) is 1. The molecule has 18 heavy (non-hydrogen) atoms. The number of nitrogens with one attached hydrogen (secondary N) is 1. The van der Waals surface area contributed by atoms with Crippen LogP contribution in [0.25, 0.3) is 0 Å². The van der Waals surface area contributed by atoms with Crippen LogP contribution in [0.2, 0.25) is 0 Å². The van der Waals surface area contributed by atoms with E-state index in [-0.39, 0.29) is 0 Å². The zero-order valence-corrected chi connectivity index (χ0v) is 15.0. The second-order valence-corrected chi connectivity index (χ2v) is 7.78. The predicted octanol–water partition coefficient (Wildman–Crippen LogP) is 5.54. The van der Waals surface area contributed by atoms with Gasteiger partial charge in [0.25, 0.3) is 0 Å². The van der Waals surface area contributed by atoms with E-state index in [0.717, 1.165) is 10.9 Å². The smallest absolute Gasteiger partial charge is 0.0331 e. The lowest BCUT2D eigenvalue weighted by Crippen LogP contribution is -2.25. The van der Waals surface area contributed by atoms with Crippen LogP contribution in [0.15, 0.2) is 27.1 Å². The van der Waals surface area contributed by atoms with Crippen molar-refractivity contribution in [2.75, 3.05) is 7.05 Å². The van der Waals surface area contributed by atoms with Crippen LogP contribution in [0.1, 0.15) is 45.7 Å². The van der Waals surface area contributed by atoms with E-state index in [0.29, 0.717) is 17.4 Å². The number of rotatable bonds is 4. The maximum atomic E-state index is 3.65. The average Bonchev–Trinajstić information content (AvgIpc) is 2.28. The number of halogens is 2. The lowest BCUT2D eigenvalue weighted by Gasteiger charge is -2.31. The topological polar surface area (TPSA) is 12.0 Å². The Morgan fingerprint density at radius 2 is 1.83 bits per heavy atom. The van der Waals surface area contributed by atoms with E-state index in [9.17, 15) is 0 Å². The van der Waals surface area contributed by atoms with E-state index in [2.05, 4.69) is 83.1 Å². The van der Waals surface area contributed by atoms with Gasteiger partial charge in [-0.15, -0.1) is 0 Å². The molecule has 0 spiro atoms. The zero-order chi connectivity index (χ0) is 13.9. The van der Waals surface area contributed by atoms with Crippen molar-refractivity contribution in [3.63, 3.8) is 0 Å². The standard InChI is InChI=1S/C15H23Br2N/c1-10(15(2,3)4)8-14(18-5)12-9-11(16)6-7-13(12)17/h6-7,9-10,14,18H,8H2,1-5H3. The molecule has 0 aliphatic carbocycles. The fourth-order valence-corrected chi connectivity index (χ4v) is 2.79. The Hall–Kier alpha value is 0.140. The van der Waals surface area contributed by atoms with Crippen molar-refractivity contribution in [2.45, 2.75) is 40.2 Å². The average molecular weight is 377 g/mol. The summed E-state index contributed by atoms with van der Waals surface area (Å²) in [5.41, 5.74) is 1.66. The van der Waals surface area contributed by atoms with Gasteiger partial charge in [0, 0.05) is 15.0 Å². The quantitative estimate of drug-likeness (QED) is 0.726. The molecule has 0 aromatic heterocycles. The van der Waals surface area contributed by atoms with Crippen LogP contribution in [-0.2, 0) is 0 Å². The lowest BCUT2D eigenvalue weighted by molar-refractivity contribution is 0.226. The van der Waals surface area contributed by atoms with Gasteiger partial charge in [-0.2, -0.15) is 0 Å². The van der Waals surface area contributed by atoms with Gasteiger partial charge in [-0.25, -0.2) is 0 Å². The van der Waals surface area contributed by atoms with Crippen molar-refractivity contribution >= 4 is 31.9 Å². The molecule has 1 N–H and O–H groups in total. The molecule has 0 radical (unpaired) electrons. The summed E-state index contributed by atoms with van der Waals surface area (Å²) in [7, 11) is 2.04. The molecule has 0 amide bonds. The van der Waals surface area contributed by atoms with Gasteiger partial charge in [-0.05, 0) is 48.6 Å². The zero-order valence-electron chi connectivity index (χ0n) is 11.8. The summed E-state index contributed by atoms with van der Waals surface area (Å²) < 4.78 is 2.30. The maximum Gasteiger partial charge on any atom is 0.0331 e. The molecule has 0 saturated carbocycles. The molecule has 0 fully saturated rings. The van der Waals surface area contributed by atoms with E-state index < -0.39 is 0 Å². The van der Waals surface area contributed by atoms with Gasteiger partial charge in [0.2, 0.25) is 0 Å². The Balaban J connectivity index is 2.93. The first-order valence-electron chi connectivity index (χ1n) is 6.38. The van der Waals surface area contributed by atoms with Crippen molar-refractivity contribution in [3.8, 4) is 0 Å². The first-order chi connectivity index (χ1) is 8.25. The lowest BCUT2D eigenvalue weighted by atomic mass is 9.77. The van der Waals surface area contributed by atoms with Crippen LogP contribution in [0, 0.1) is 11.3 Å². The Morgan fingerprint density at radius 3 is 2.33 bits per heavy atom. The highest BCUT2D eigenvalue weighted by Gasteiger charge is 2.24. The summed E-state index contributed by atoms with van der Waals surface area (Å²) in [5, 5.41) is 3.44. The van der Waals surface area contributed by atoms with E-state index in [1.165, 1.54) is 10.0 Å². The van der Waals surface area contributed by atoms with Crippen LogP contribution in [0.5, 0.6) is 0 Å². The number of benzene rings is 1. The summed E-state index contributed by atoms with van der Waals surface area (Å²) in [4.78, 5) is 0. The van der Waals surface area contributed by atoms with Gasteiger partial charge in [-0.3, -0.25) is 0 Å². The Kier molecular flexibility index (Phi) is 5.88. The molecule has 0 heterocycles.